The van der Waals surface area contributed by atoms with Crippen molar-refractivity contribution in [3.63, 3.8) is 0 Å². The zero-order valence-electron chi connectivity index (χ0n) is 22.2. The average molecular weight is 522 g/mol. The molecule has 0 bridgehead atoms. The molecule has 5 rings (SSSR count). The van der Waals surface area contributed by atoms with Gasteiger partial charge in [0.1, 0.15) is 5.82 Å². The third kappa shape index (κ3) is 5.70. The minimum absolute atomic E-state index is 0.173. The van der Waals surface area contributed by atoms with E-state index in [1.54, 1.807) is 25.1 Å². The average Bonchev–Trinajstić information content (AvgIpc) is 2.94. The third-order valence-electron chi connectivity index (χ3n) is 7.46. The second-order valence-corrected chi connectivity index (χ2v) is 10.2. The number of nitrogens with two attached hydrogens (primary N) is 1. The number of carbonyl (C=O) groups excluding carboxylic acids is 2. The highest BCUT2D eigenvalue weighted by molar-refractivity contribution is 5.95. The molecule has 198 valence electrons. The Hall–Kier alpha value is -4.45. The number of carbonyl (C=O) groups is 2. The lowest BCUT2D eigenvalue weighted by Gasteiger charge is -2.32. The number of fused-ring (bicyclic) bond motifs is 1. The Kier molecular flexibility index (Phi) is 7.46. The van der Waals surface area contributed by atoms with Crippen LogP contribution in [0.4, 0.5) is 10.1 Å². The lowest BCUT2D eigenvalue weighted by Crippen LogP contribution is -2.30. The molecule has 0 saturated carbocycles. The number of benzene rings is 4. The Morgan fingerprint density at radius 3 is 2.46 bits per heavy atom. The maximum atomic E-state index is 14.0. The van der Waals surface area contributed by atoms with Crippen molar-refractivity contribution in [2.75, 3.05) is 11.4 Å². The van der Waals surface area contributed by atoms with Crippen molar-refractivity contribution in [1.29, 1.82) is 0 Å². The van der Waals surface area contributed by atoms with Crippen LogP contribution in [0.15, 0.2) is 84.9 Å². The van der Waals surface area contributed by atoms with Gasteiger partial charge in [-0.25, -0.2) is 4.39 Å². The molecule has 1 atom stereocenters. The van der Waals surface area contributed by atoms with Crippen molar-refractivity contribution < 1.29 is 14.0 Å². The summed E-state index contributed by atoms with van der Waals surface area (Å²) in [6.45, 7) is 5.23. The van der Waals surface area contributed by atoms with Crippen LogP contribution >= 0.6 is 0 Å². The summed E-state index contributed by atoms with van der Waals surface area (Å²) in [5.74, 6) is -0.883. The van der Waals surface area contributed by atoms with Gasteiger partial charge in [0.2, 0.25) is 5.91 Å². The van der Waals surface area contributed by atoms with Crippen LogP contribution < -0.4 is 16.0 Å². The fourth-order valence-corrected chi connectivity index (χ4v) is 5.18. The van der Waals surface area contributed by atoms with E-state index in [1.165, 1.54) is 11.6 Å². The summed E-state index contributed by atoms with van der Waals surface area (Å²) in [4.78, 5) is 26.9. The van der Waals surface area contributed by atoms with Crippen LogP contribution in [0.25, 0.3) is 11.1 Å². The van der Waals surface area contributed by atoms with E-state index in [1.807, 2.05) is 55.5 Å². The molecule has 6 heteroatoms. The number of anilines is 1. The first-order valence-electron chi connectivity index (χ1n) is 13.2. The van der Waals surface area contributed by atoms with Crippen LogP contribution in [0, 0.1) is 12.7 Å². The highest BCUT2D eigenvalue weighted by Gasteiger charge is 2.21. The van der Waals surface area contributed by atoms with E-state index in [0.717, 1.165) is 53.9 Å². The highest BCUT2D eigenvalue weighted by atomic mass is 19.1. The molecule has 0 fully saturated rings. The molecule has 4 aromatic carbocycles. The monoisotopic (exact) mass is 521 g/mol. The number of amides is 2. The molecule has 1 aliphatic rings. The number of hydrogen-bond donors (Lipinski definition) is 2. The second-order valence-electron chi connectivity index (χ2n) is 10.2. The quantitative estimate of drug-likeness (QED) is 0.298. The second kappa shape index (κ2) is 11.1. The SMILES string of the molecule is Cc1ccc(C(C)NC(=O)c2ccc3c(c2)CCCN3Cc2ccccc2-c2ccc(C(N)=O)cc2)cc1F. The number of nitrogens with one attached hydrogen (secondary N) is 1. The van der Waals surface area contributed by atoms with Gasteiger partial charge in [-0.1, -0.05) is 48.5 Å². The fourth-order valence-electron chi connectivity index (χ4n) is 5.18. The van der Waals surface area contributed by atoms with E-state index in [4.69, 9.17) is 5.73 Å². The summed E-state index contributed by atoms with van der Waals surface area (Å²) in [5.41, 5.74) is 13.4. The number of hydrogen-bond acceptors (Lipinski definition) is 3. The van der Waals surface area contributed by atoms with Crippen molar-refractivity contribution >= 4 is 17.5 Å². The van der Waals surface area contributed by atoms with Crippen LogP contribution in [-0.2, 0) is 13.0 Å². The van der Waals surface area contributed by atoms with Crippen LogP contribution in [0.1, 0.15) is 62.4 Å². The molecule has 1 aliphatic heterocycles. The fraction of sp³-hybridized carbons (Fsp3) is 0.212. The molecule has 0 spiro atoms. The van der Waals surface area contributed by atoms with Crippen molar-refractivity contribution in [3.8, 4) is 11.1 Å². The number of halogens is 1. The standard InChI is InChI=1S/C33H32FN3O2/c1-21-9-10-25(19-30(21)34)22(2)36-33(39)27-15-16-31-26(18-27)7-5-17-37(31)20-28-6-3-4-8-29(28)23-11-13-24(14-12-23)32(35)38/h3-4,6,8-16,18-19,22H,5,7,17,20H2,1-2H3,(H2,35,38)(H,36,39). The molecule has 2 amide bonds. The van der Waals surface area contributed by atoms with Crippen molar-refractivity contribution in [2.45, 2.75) is 39.3 Å². The molecule has 0 aromatic heterocycles. The van der Waals surface area contributed by atoms with Gasteiger partial charge in [-0.3, -0.25) is 9.59 Å². The van der Waals surface area contributed by atoms with E-state index in [9.17, 15) is 14.0 Å². The van der Waals surface area contributed by atoms with Gasteiger partial charge < -0.3 is 16.0 Å². The van der Waals surface area contributed by atoms with Crippen LogP contribution in [0.2, 0.25) is 0 Å². The van der Waals surface area contributed by atoms with Crippen LogP contribution in [0.3, 0.4) is 0 Å². The molecule has 4 aromatic rings. The van der Waals surface area contributed by atoms with Crippen molar-refractivity contribution in [1.82, 2.24) is 5.32 Å². The van der Waals surface area contributed by atoms with E-state index in [0.29, 0.717) is 16.7 Å². The third-order valence-corrected chi connectivity index (χ3v) is 7.46. The van der Waals surface area contributed by atoms with Gasteiger partial charge in [0, 0.05) is 29.9 Å². The van der Waals surface area contributed by atoms with Gasteiger partial charge in [-0.2, -0.15) is 0 Å². The molecule has 3 N–H and O–H groups in total. The summed E-state index contributed by atoms with van der Waals surface area (Å²) >= 11 is 0. The normalized spacial score (nSPS) is 13.5. The molecular weight excluding hydrogens is 489 g/mol. The lowest BCUT2D eigenvalue weighted by atomic mass is 9.95. The van der Waals surface area contributed by atoms with Crippen LogP contribution in [-0.4, -0.2) is 18.4 Å². The summed E-state index contributed by atoms with van der Waals surface area (Å²) in [6.07, 6.45) is 1.90. The maximum Gasteiger partial charge on any atom is 0.251 e. The minimum Gasteiger partial charge on any atom is -0.367 e. The molecule has 0 saturated heterocycles. The Labute approximate surface area is 228 Å². The molecule has 0 radical (unpaired) electrons. The molecule has 39 heavy (non-hydrogen) atoms. The first kappa shape index (κ1) is 26.2. The summed E-state index contributed by atoms with van der Waals surface area (Å²) in [7, 11) is 0. The molecule has 0 aliphatic carbocycles. The molecule has 5 nitrogen and oxygen atoms in total. The summed E-state index contributed by atoms with van der Waals surface area (Å²) in [6, 6.07) is 26.3. The summed E-state index contributed by atoms with van der Waals surface area (Å²) < 4.78 is 14.0. The Morgan fingerprint density at radius 1 is 0.974 bits per heavy atom. The van der Waals surface area contributed by atoms with Gasteiger partial charge in [0.05, 0.1) is 6.04 Å². The zero-order valence-corrected chi connectivity index (χ0v) is 22.2. The zero-order chi connectivity index (χ0) is 27.5. The van der Waals surface area contributed by atoms with E-state index < -0.39 is 5.91 Å². The molecule has 1 unspecified atom stereocenters. The minimum atomic E-state index is -0.439. The maximum absolute atomic E-state index is 14.0. The van der Waals surface area contributed by atoms with Gasteiger partial charge in [0.25, 0.3) is 5.91 Å². The Morgan fingerprint density at radius 2 is 1.72 bits per heavy atom. The van der Waals surface area contributed by atoms with Gasteiger partial charge >= 0.3 is 0 Å². The van der Waals surface area contributed by atoms with E-state index in [-0.39, 0.29) is 17.8 Å². The first-order chi connectivity index (χ1) is 18.8. The molecular formula is C33H32FN3O2. The van der Waals surface area contributed by atoms with Crippen molar-refractivity contribution in [2.24, 2.45) is 5.73 Å². The van der Waals surface area contributed by atoms with Gasteiger partial charge in [0.15, 0.2) is 0 Å². The first-order valence-corrected chi connectivity index (χ1v) is 13.2. The Bertz CT molecular complexity index is 1530. The number of aryl methyl sites for hydroxylation is 2. The van der Waals surface area contributed by atoms with Crippen molar-refractivity contribution in [3.05, 3.63) is 124 Å². The summed E-state index contributed by atoms with van der Waals surface area (Å²) in [5, 5.41) is 3.01. The Balaban J connectivity index is 1.34. The van der Waals surface area contributed by atoms with E-state index in [2.05, 4.69) is 22.3 Å². The predicted octanol–water partition coefficient (Wildman–Crippen LogP) is 6.34. The van der Waals surface area contributed by atoms with Gasteiger partial charge in [-0.15, -0.1) is 0 Å². The topological polar surface area (TPSA) is 75.4 Å². The smallest absolute Gasteiger partial charge is 0.251 e. The van der Waals surface area contributed by atoms with Crippen LogP contribution in [0.5, 0.6) is 0 Å². The number of primary amides is 1. The number of rotatable bonds is 7. The van der Waals surface area contributed by atoms with Gasteiger partial charge in [-0.05, 0) is 96.5 Å². The predicted molar refractivity (Wildman–Crippen MR) is 153 cm³/mol. The molecule has 1 heterocycles. The highest BCUT2D eigenvalue weighted by Crippen LogP contribution is 2.32. The largest absolute Gasteiger partial charge is 0.367 e. The van der Waals surface area contributed by atoms with E-state index >= 15 is 0 Å². The lowest BCUT2D eigenvalue weighted by molar-refractivity contribution is 0.0938. The number of nitrogens with zero attached hydrogens (tertiary/aromatic N) is 1.